The maximum Gasteiger partial charge on any atom is 0.139 e. The quantitative estimate of drug-likeness (QED) is 0.673. The molecule has 0 amide bonds. The molecule has 4 aliphatic carbocycles. The second kappa shape index (κ2) is 5.78. The number of thioether (sulfide) groups is 2. The van der Waals surface area contributed by atoms with E-state index in [0.29, 0.717) is 34.2 Å². The summed E-state index contributed by atoms with van der Waals surface area (Å²) in [4.78, 5) is 12.5. The molecule has 0 aromatic heterocycles. The van der Waals surface area contributed by atoms with Gasteiger partial charge in [-0.3, -0.25) is 4.79 Å². The van der Waals surface area contributed by atoms with E-state index in [1.165, 1.54) is 24.3 Å². The normalized spacial score (nSPS) is 48.0. The Morgan fingerprint density at radius 1 is 1.08 bits per heavy atom. The molecule has 4 fully saturated rings. The van der Waals surface area contributed by atoms with Crippen molar-refractivity contribution in [2.75, 3.05) is 18.1 Å². The summed E-state index contributed by atoms with van der Waals surface area (Å²) in [5, 5.41) is 10.6. The molecule has 3 saturated carbocycles. The summed E-state index contributed by atoms with van der Waals surface area (Å²) in [5.41, 5.74) is 1.56. The van der Waals surface area contributed by atoms with Crippen LogP contribution in [0, 0.1) is 28.6 Å². The van der Waals surface area contributed by atoms with Crippen molar-refractivity contribution in [1.82, 2.24) is 0 Å². The van der Waals surface area contributed by atoms with Gasteiger partial charge >= 0.3 is 0 Å². The first-order valence-electron chi connectivity index (χ1n) is 10.2. The van der Waals surface area contributed by atoms with E-state index in [9.17, 15) is 9.90 Å². The first-order chi connectivity index (χ1) is 12.0. The Balaban J connectivity index is 1.51. The van der Waals surface area contributed by atoms with Crippen molar-refractivity contribution in [1.29, 1.82) is 0 Å². The molecule has 0 bridgehead atoms. The lowest BCUT2D eigenvalue weighted by Gasteiger charge is -2.58. The van der Waals surface area contributed by atoms with Gasteiger partial charge in [0.2, 0.25) is 0 Å². The van der Waals surface area contributed by atoms with Crippen LogP contribution in [-0.2, 0) is 4.79 Å². The van der Waals surface area contributed by atoms with Gasteiger partial charge in [-0.05, 0) is 62.7 Å². The predicted molar refractivity (Wildman–Crippen MR) is 106 cm³/mol. The molecule has 1 saturated heterocycles. The van der Waals surface area contributed by atoms with Crippen LogP contribution in [0.25, 0.3) is 0 Å². The molecule has 138 valence electrons. The van der Waals surface area contributed by atoms with E-state index in [1.807, 2.05) is 0 Å². The topological polar surface area (TPSA) is 37.3 Å². The molecule has 1 N–H and O–H groups in total. The van der Waals surface area contributed by atoms with E-state index >= 15 is 0 Å². The van der Waals surface area contributed by atoms with Gasteiger partial charge in [0.25, 0.3) is 0 Å². The van der Waals surface area contributed by atoms with Crippen molar-refractivity contribution in [3.05, 3.63) is 11.6 Å². The highest BCUT2D eigenvalue weighted by Gasteiger charge is 2.61. The number of aliphatic hydroxyl groups is 1. The monoisotopic (exact) mass is 378 g/mol. The Morgan fingerprint density at radius 3 is 2.64 bits per heavy atom. The summed E-state index contributed by atoms with van der Waals surface area (Å²) in [6, 6.07) is 0. The van der Waals surface area contributed by atoms with Gasteiger partial charge in [-0.1, -0.05) is 18.6 Å². The van der Waals surface area contributed by atoms with Gasteiger partial charge in [-0.25, -0.2) is 0 Å². The number of hydrogen-bond donors (Lipinski definition) is 1. The molecule has 2 nitrogen and oxygen atoms in total. The number of carbonyl (C=O) groups excluding carboxylic acids is 1. The lowest BCUT2D eigenvalue weighted by atomic mass is 9.47. The molecule has 0 radical (unpaired) electrons. The van der Waals surface area contributed by atoms with Crippen LogP contribution in [0.1, 0.15) is 58.3 Å². The summed E-state index contributed by atoms with van der Waals surface area (Å²) >= 11 is 4.27. The minimum absolute atomic E-state index is 0.0326. The Labute approximate surface area is 160 Å². The maximum atomic E-state index is 12.5. The van der Waals surface area contributed by atoms with Crippen molar-refractivity contribution in [2.45, 2.75) is 62.4 Å². The second-order valence-corrected chi connectivity index (χ2v) is 12.4. The van der Waals surface area contributed by atoms with Crippen LogP contribution in [0.4, 0.5) is 0 Å². The van der Waals surface area contributed by atoms with Crippen molar-refractivity contribution in [3.63, 3.8) is 0 Å². The third-order valence-corrected chi connectivity index (χ3v) is 12.0. The lowest BCUT2D eigenvalue weighted by Crippen LogP contribution is -2.53. The van der Waals surface area contributed by atoms with Gasteiger partial charge < -0.3 is 5.11 Å². The third-order valence-electron chi connectivity index (χ3n) is 8.61. The highest BCUT2D eigenvalue weighted by Crippen LogP contribution is 2.67. The highest BCUT2D eigenvalue weighted by molar-refractivity contribution is 8.21. The van der Waals surface area contributed by atoms with E-state index in [4.69, 9.17) is 0 Å². The van der Waals surface area contributed by atoms with Crippen LogP contribution in [-0.4, -0.2) is 33.1 Å². The SMILES string of the molecule is C[C@]12CC[C@H]3[C@@H](CCC4=CC5(CC[C@@]43CO)SCCS5)[C@@H]1CCC2=O. The van der Waals surface area contributed by atoms with Crippen LogP contribution in [0.2, 0.25) is 0 Å². The predicted octanol–water partition coefficient (Wildman–Crippen LogP) is 4.67. The number of fused-ring (bicyclic) bond motifs is 5. The number of hydrogen-bond acceptors (Lipinski definition) is 4. The van der Waals surface area contributed by atoms with Gasteiger partial charge in [-0.2, -0.15) is 0 Å². The van der Waals surface area contributed by atoms with Crippen molar-refractivity contribution in [3.8, 4) is 0 Å². The van der Waals surface area contributed by atoms with E-state index in [-0.39, 0.29) is 10.8 Å². The van der Waals surface area contributed by atoms with Crippen LogP contribution >= 0.6 is 23.5 Å². The number of Topliss-reactive ketones (excluding diaryl/α,β-unsaturated/α-hetero) is 1. The van der Waals surface area contributed by atoms with Crippen LogP contribution in [0.5, 0.6) is 0 Å². The highest BCUT2D eigenvalue weighted by atomic mass is 32.2. The van der Waals surface area contributed by atoms with Crippen molar-refractivity contribution < 1.29 is 9.90 Å². The van der Waals surface area contributed by atoms with Gasteiger partial charge in [-0.15, -0.1) is 23.5 Å². The van der Waals surface area contributed by atoms with Gasteiger partial charge in [0.1, 0.15) is 5.78 Å². The first kappa shape index (κ1) is 17.2. The Morgan fingerprint density at radius 2 is 1.88 bits per heavy atom. The first-order valence-corrected chi connectivity index (χ1v) is 12.1. The third kappa shape index (κ3) is 2.26. The van der Waals surface area contributed by atoms with Crippen molar-refractivity contribution >= 4 is 29.3 Å². The molecule has 1 aliphatic heterocycles. The molecule has 0 aromatic carbocycles. The molecule has 0 unspecified atom stereocenters. The fourth-order valence-corrected chi connectivity index (χ4v) is 10.4. The van der Waals surface area contributed by atoms with Crippen LogP contribution < -0.4 is 0 Å². The number of aliphatic hydroxyl groups excluding tert-OH is 1. The van der Waals surface area contributed by atoms with Crippen LogP contribution in [0.15, 0.2) is 11.6 Å². The van der Waals surface area contributed by atoms with E-state index in [2.05, 4.69) is 36.5 Å². The number of rotatable bonds is 1. The van der Waals surface area contributed by atoms with Crippen molar-refractivity contribution in [2.24, 2.45) is 28.6 Å². The summed E-state index contributed by atoms with van der Waals surface area (Å²) in [6.07, 6.45) is 11.5. The minimum atomic E-state index is -0.0495. The van der Waals surface area contributed by atoms with Gasteiger partial charge in [0.15, 0.2) is 0 Å². The smallest absolute Gasteiger partial charge is 0.139 e. The fourth-order valence-electron chi connectivity index (χ4n) is 7.25. The molecule has 25 heavy (non-hydrogen) atoms. The number of ketones is 1. The molecular weight excluding hydrogens is 348 g/mol. The number of carbonyl (C=O) groups is 1. The average molecular weight is 379 g/mol. The summed E-state index contributed by atoms with van der Waals surface area (Å²) in [5.74, 6) is 4.92. The molecule has 5 aliphatic rings. The molecule has 4 heteroatoms. The van der Waals surface area contributed by atoms with E-state index in [0.717, 1.165) is 38.5 Å². The van der Waals surface area contributed by atoms with Gasteiger partial charge in [0.05, 0.1) is 10.7 Å². The molecule has 0 aromatic rings. The zero-order chi connectivity index (χ0) is 17.3. The maximum absolute atomic E-state index is 12.5. The Bertz CT molecular complexity index is 623. The summed E-state index contributed by atoms with van der Waals surface area (Å²) in [6.45, 7) is 2.57. The fraction of sp³-hybridized carbons (Fsp3) is 0.857. The molecule has 1 spiro atoms. The lowest BCUT2D eigenvalue weighted by molar-refractivity contribution is -0.133. The Hall–Kier alpha value is 0.0700. The zero-order valence-electron chi connectivity index (χ0n) is 15.3. The molecule has 1 heterocycles. The standard InChI is InChI=1S/C21H30O2S2/c1-19-7-6-17-15(16(19)4-5-18(19)23)3-2-14-12-21(24-10-11-25-21)9-8-20(14,17)13-22/h12,15-17,22H,2-11,13H2,1H3/t15-,16-,17-,19-,20+/m0/s1. The van der Waals surface area contributed by atoms with Gasteiger partial charge in [0, 0.05) is 28.8 Å². The Kier molecular flexibility index (Phi) is 3.98. The molecule has 5 rings (SSSR count). The average Bonchev–Trinajstić information content (AvgIpc) is 3.19. The zero-order valence-corrected chi connectivity index (χ0v) is 16.9. The molecular formula is C21H30O2S2. The minimum Gasteiger partial charge on any atom is -0.395 e. The van der Waals surface area contributed by atoms with Crippen LogP contribution in [0.3, 0.4) is 0 Å². The largest absolute Gasteiger partial charge is 0.395 e. The molecule has 5 atom stereocenters. The summed E-state index contributed by atoms with van der Waals surface area (Å²) in [7, 11) is 0. The summed E-state index contributed by atoms with van der Waals surface area (Å²) < 4.78 is 0.313. The second-order valence-electron chi connectivity index (χ2n) is 9.33. The van der Waals surface area contributed by atoms with E-state index < -0.39 is 0 Å². The van der Waals surface area contributed by atoms with E-state index in [1.54, 1.807) is 5.57 Å².